The molecule has 0 radical (unpaired) electrons. The minimum atomic E-state index is -5.17. The lowest BCUT2D eigenvalue weighted by atomic mass is 10.0. The molecule has 2 amide bonds. The number of halogens is 3. The number of carbonyl (C=O) groups is 2. The Bertz CT molecular complexity index is 422. The molecule has 0 bridgehead atoms. The molecule has 7 nitrogen and oxygen atoms in total. The first-order valence-corrected chi connectivity index (χ1v) is 5.83. The number of urea groups is 1. The normalized spacial score (nSPS) is 13.9. The van der Waals surface area contributed by atoms with Gasteiger partial charge in [-0.3, -0.25) is 0 Å². The second-order valence-electron chi connectivity index (χ2n) is 4.25. The second kappa shape index (κ2) is 7.68. The molecule has 0 fully saturated rings. The Morgan fingerprint density at radius 3 is 2.33 bits per heavy atom. The molecule has 21 heavy (non-hydrogen) atoms. The van der Waals surface area contributed by atoms with Crippen molar-refractivity contribution in [3.63, 3.8) is 0 Å². The molecular weight excluding hydrogens is 295 g/mol. The number of ether oxygens (including phenoxy) is 1. The van der Waals surface area contributed by atoms with Gasteiger partial charge in [0.05, 0.1) is 19.1 Å². The third kappa shape index (κ3) is 5.11. The van der Waals surface area contributed by atoms with Crippen molar-refractivity contribution < 1.29 is 32.6 Å². The summed E-state index contributed by atoms with van der Waals surface area (Å²) < 4.78 is 43.1. The van der Waals surface area contributed by atoms with Crippen LogP contribution in [0.5, 0.6) is 0 Å². The van der Waals surface area contributed by atoms with Crippen LogP contribution in [0.25, 0.3) is 0 Å². The van der Waals surface area contributed by atoms with E-state index in [1.54, 1.807) is 6.07 Å². The zero-order chi connectivity index (χ0) is 16.7. The van der Waals surface area contributed by atoms with Gasteiger partial charge in [-0.25, -0.2) is 9.59 Å². The van der Waals surface area contributed by atoms with E-state index in [0.29, 0.717) is 6.92 Å². The number of rotatable bonds is 7. The Morgan fingerprint density at radius 1 is 1.38 bits per heavy atom. The second-order valence-corrected chi connectivity index (χ2v) is 4.25. The number of nitrogens with zero attached hydrogens (tertiary/aromatic N) is 2. The first-order valence-electron chi connectivity index (χ1n) is 5.83. The number of aliphatic carboxylic acids is 1. The molecule has 0 saturated carbocycles. The molecule has 0 spiro atoms. The largest absolute Gasteiger partial charge is 0.479 e. The highest BCUT2D eigenvalue weighted by molar-refractivity contribution is 5.86. The van der Waals surface area contributed by atoms with Crippen molar-refractivity contribution >= 4 is 12.0 Å². The molecule has 1 atom stereocenters. The van der Waals surface area contributed by atoms with Gasteiger partial charge in [-0.15, -0.1) is 0 Å². The molecule has 1 unspecified atom stereocenters. The Labute approximate surface area is 119 Å². The maximum atomic E-state index is 12.8. The van der Waals surface area contributed by atoms with E-state index >= 15 is 0 Å². The number of hydrogen-bond acceptors (Lipinski definition) is 4. The van der Waals surface area contributed by atoms with Gasteiger partial charge < -0.3 is 20.1 Å². The fourth-order valence-corrected chi connectivity index (χ4v) is 1.24. The Morgan fingerprint density at radius 2 is 1.95 bits per heavy atom. The van der Waals surface area contributed by atoms with Crippen molar-refractivity contribution in [3.05, 3.63) is 0 Å². The van der Waals surface area contributed by atoms with Crippen molar-refractivity contribution in [2.45, 2.75) is 25.1 Å². The summed E-state index contributed by atoms with van der Waals surface area (Å²) in [7, 11) is 1.33. The number of hydrogen-bond donors (Lipinski definition) is 2. The van der Waals surface area contributed by atoms with E-state index in [4.69, 9.17) is 15.1 Å². The third-order valence-corrected chi connectivity index (χ3v) is 2.70. The van der Waals surface area contributed by atoms with Crippen molar-refractivity contribution in [3.8, 4) is 6.07 Å². The molecule has 0 heterocycles. The van der Waals surface area contributed by atoms with Crippen molar-refractivity contribution in [2.75, 3.05) is 26.8 Å². The molecule has 0 aliphatic rings. The highest BCUT2D eigenvalue weighted by Crippen LogP contribution is 2.30. The van der Waals surface area contributed by atoms with Crippen LogP contribution in [-0.2, 0) is 9.53 Å². The van der Waals surface area contributed by atoms with Crippen LogP contribution in [0.3, 0.4) is 0 Å². The van der Waals surface area contributed by atoms with E-state index < -0.39 is 23.7 Å². The lowest BCUT2D eigenvalue weighted by Gasteiger charge is -2.31. The summed E-state index contributed by atoms with van der Waals surface area (Å²) in [6, 6.07) is 0.512. The maximum Gasteiger partial charge on any atom is 0.422 e. The number of methoxy groups -OCH3 is 1. The standard InChI is InChI=1S/C11H16F3N3O4/c1-10(8(18)19,11(12,13)14)16-9(20)17(5-3-4-15)6-7-21-2/h3,5-7H2,1-2H3,(H,16,20)(H,18,19). The van der Waals surface area contributed by atoms with Crippen LogP contribution in [0.15, 0.2) is 0 Å². The van der Waals surface area contributed by atoms with Crippen LogP contribution in [0.4, 0.5) is 18.0 Å². The molecule has 120 valence electrons. The summed E-state index contributed by atoms with van der Waals surface area (Å²) in [6.45, 7) is 0.178. The number of carboxylic acids is 1. The minimum absolute atomic E-state index is 0.0364. The van der Waals surface area contributed by atoms with Gasteiger partial charge >= 0.3 is 18.2 Å². The summed E-state index contributed by atoms with van der Waals surface area (Å²) in [5.41, 5.74) is -3.41. The van der Waals surface area contributed by atoms with Crippen LogP contribution in [0.1, 0.15) is 13.3 Å². The fourth-order valence-electron chi connectivity index (χ4n) is 1.24. The van der Waals surface area contributed by atoms with E-state index in [0.717, 1.165) is 4.90 Å². The van der Waals surface area contributed by atoms with Gasteiger partial charge in [-0.05, 0) is 6.92 Å². The number of alkyl halides is 3. The Balaban J connectivity index is 5.08. The number of nitriles is 1. The topological polar surface area (TPSA) is 103 Å². The number of amides is 2. The first-order chi connectivity index (χ1) is 9.60. The predicted octanol–water partition coefficient (Wildman–Crippen LogP) is 0.964. The van der Waals surface area contributed by atoms with E-state index in [-0.39, 0.29) is 26.1 Å². The molecule has 0 aromatic rings. The van der Waals surface area contributed by atoms with Gasteiger partial charge in [0, 0.05) is 20.2 Å². The van der Waals surface area contributed by atoms with Gasteiger partial charge in [0.15, 0.2) is 0 Å². The minimum Gasteiger partial charge on any atom is -0.479 e. The molecule has 0 rings (SSSR count). The molecule has 0 aliphatic heterocycles. The van der Waals surface area contributed by atoms with Crippen LogP contribution in [-0.4, -0.2) is 60.5 Å². The average molecular weight is 311 g/mol. The number of nitrogens with one attached hydrogen (secondary N) is 1. The lowest BCUT2D eigenvalue weighted by Crippen LogP contribution is -2.64. The quantitative estimate of drug-likeness (QED) is 0.729. The molecule has 0 aromatic heterocycles. The van der Waals surface area contributed by atoms with Gasteiger partial charge in [0.25, 0.3) is 0 Å². The highest BCUT2D eigenvalue weighted by atomic mass is 19.4. The first kappa shape index (κ1) is 19.0. The van der Waals surface area contributed by atoms with Gasteiger partial charge in [-0.2, -0.15) is 18.4 Å². The number of carbonyl (C=O) groups excluding carboxylic acids is 1. The van der Waals surface area contributed by atoms with Gasteiger partial charge in [-0.1, -0.05) is 0 Å². The Kier molecular flexibility index (Phi) is 6.94. The highest BCUT2D eigenvalue weighted by Gasteiger charge is 2.58. The van der Waals surface area contributed by atoms with Crippen molar-refractivity contribution in [1.82, 2.24) is 10.2 Å². The third-order valence-electron chi connectivity index (χ3n) is 2.70. The summed E-state index contributed by atoms with van der Waals surface area (Å²) in [6.07, 6.45) is -5.27. The molecule has 2 N–H and O–H groups in total. The van der Waals surface area contributed by atoms with Crippen LogP contribution < -0.4 is 5.32 Å². The average Bonchev–Trinajstić information content (AvgIpc) is 2.37. The van der Waals surface area contributed by atoms with Crippen LogP contribution >= 0.6 is 0 Å². The Hall–Kier alpha value is -2.02. The number of carboxylic acid groups (broad SMARTS) is 1. The van der Waals surface area contributed by atoms with E-state index in [2.05, 4.69) is 0 Å². The van der Waals surface area contributed by atoms with Crippen LogP contribution in [0.2, 0.25) is 0 Å². The molecule has 0 aromatic carbocycles. The SMILES string of the molecule is COCCN(CCC#N)C(=O)NC(C)(C(=O)O)C(F)(F)F. The summed E-state index contributed by atoms with van der Waals surface area (Å²) >= 11 is 0. The predicted molar refractivity (Wildman–Crippen MR) is 64.3 cm³/mol. The summed E-state index contributed by atoms with van der Waals surface area (Å²) in [5.74, 6) is -2.23. The van der Waals surface area contributed by atoms with E-state index in [1.165, 1.54) is 12.4 Å². The zero-order valence-electron chi connectivity index (χ0n) is 11.5. The molecular formula is C11H16F3N3O4. The smallest absolute Gasteiger partial charge is 0.422 e. The molecule has 10 heteroatoms. The van der Waals surface area contributed by atoms with E-state index in [1.807, 2.05) is 0 Å². The molecule has 0 saturated heterocycles. The molecule has 0 aliphatic carbocycles. The van der Waals surface area contributed by atoms with Crippen molar-refractivity contribution in [2.24, 2.45) is 0 Å². The zero-order valence-corrected chi connectivity index (χ0v) is 11.5. The summed E-state index contributed by atoms with van der Waals surface area (Å²) in [5, 5.41) is 18.6. The van der Waals surface area contributed by atoms with Gasteiger partial charge in [0.2, 0.25) is 5.54 Å². The lowest BCUT2D eigenvalue weighted by molar-refractivity contribution is -0.203. The van der Waals surface area contributed by atoms with Crippen molar-refractivity contribution in [1.29, 1.82) is 5.26 Å². The van der Waals surface area contributed by atoms with E-state index in [9.17, 15) is 22.8 Å². The summed E-state index contributed by atoms with van der Waals surface area (Å²) in [4.78, 5) is 23.5. The monoisotopic (exact) mass is 311 g/mol. The maximum absolute atomic E-state index is 12.8. The van der Waals surface area contributed by atoms with Gasteiger partial charge in [0.1, 0.15) is 0 Å². The fraction of sp³-hybridized carbons (Fsp3) is 0.727. The van der Waals surface area contributed by atoms with Crippen LogP contribution in [0, 0.1) is 11.3 Å².